The van der Waals surface area contributed by atoms with E-state index in [1.807, 2.05) is 19.1 Å². The second kappa shape index (κ2) is 9.12. The molecule has 0 aliphatic carbocycles. The third kappa shape index (κ3) is 4.68. The number of carbonyl (C=O) groups excluding carboxylic acids is 1. The maximum Gasteiger partial charge on any atom is 0.323 e. The fourth-order valence-corrected chi connectivity index (χ4v) is 2.56. The van der Waals surface area contributed by atoms with Gasteiger partial charge >= 0.3 is 6.47 Å². The van der Waals surface area contributed by atoms with Crippen molar-refractivity contribution < 1.29 is 18.8 Å². The van der Waals surface area contributed by atoms with E-state index < -0.39 is 0 Å². The highest BCUT2D eigenvalue weighted by atomic mass is 35.5. The topological polar surface area (TPSA) is 87.0 Å². The predicted octanol–water partition coefficient (Wildman–Crippen LogP) is 4.54. The molecule has 0 saturated heterocycles. The van der Waals surface area contributed by atoms with Crippen LogP contribution in [0.15, 0.2) is 52.2 Å². The number of nitrogens with zero attached hydrogens (tertiary/aromatic N) is 1. The lowest BCUT2D eigenvalue weighted by Crippen LogP contribution is -2.13. The van der Waals surface area contributed by atoms with Crippen LogP contribution in [-0.4, -0.2) is 19.4 Å². The van der Waals surface area contributed by atoms with Gasteiger partial charge in [0.2, 0.25) is 0 Å². The highest BCUT2D eigenvalue weighted by Crippen LogP contribution is 2.32. The van der Waals surface area contributed by atoms with Crippen molar-refractivity contribution in [1.29, 1.82) is 0 Å². The van der Waals surface area contributed by atoms with Gasteiger partial charge in [-0.25, -0.2) is 0 Å². The lowest BCUT2D eigenvalue weighted by Gasteiger charge is -2.07. The van der Waals surface area contributed by atoms with Crippen molar-refractivity contribution in [3.63, 3.8) is 0 Å². The third-order valence-corrected chi connectivity index (χ3v) is 4.15. The van der Waals surface area contributed by atoms with Crippen molar-refractivity contribution in [3.8, 4) is 5.75 Å². The zero-order chi connectivity index (χ0) is 19.1. The van der Waals surface area contributed by atoms with E-state index in [2.05, 4.69) is 9.99 Å². The van der Waals surface area contributed by atoms with Crippen LogP contribution in [0.4, 0.5) is 0 Å². The van der Waals surface area contributed by atoms with E-state index in [0.717, 1.165) is 10.9 Å². The van der Waals surface area contributed by atoms with Gasteiger partial charge in [-0.2, -0.15) is 0 Å². The summed E-state index contributed by atoms with van der Waals surface area (Å²) < 4.78 is 10.2. The van der Waals surface area contributed by atoms with Gasteiger partial charge in [-0.05, 0) is 31.2 Å². The number of hydrogen-bond acceptors (Lipinski definition) is 5. The minimum atomic E-state index is 0.125. The van der Waals surface area contributed by atoms with Crippen LogP contribution in [0.25, 0.3) is 11.0 Å². The van der Waals surface area contributed by atoms with Gasteiger partial charge in [0.25, 0.3) is 0 Å². The molecule has 26 heavy (non-hydrogen) atoms. The average Bonchev–Trinajstić information content (AvgIpc) is 3.12. The number of hydrogen-bond donors (Lipinski definition) is 1. The van der Waals surface area contributed by atoms with E-state index in [9.17, 15) is 4.79 Å². The van der Waals surface area contributed by atoms with Crippen LogP contribution < -0.4 is 10.5 Å². The molecule has 0 aliphatic heterocycles. The fourth-order valence-electron chi connectivity index (χ4n) is 2.13. The Morgan fingerprint density at radius 1 is 1.19 bits per heavy atom. The van der Waals surface area contributed by atoms with Gasteiger partial charge in [0.15, 0.2) is 5.84 Å². The molecule has 136 valence electrons. The van der Waals surface area contributed by atoms with Crippen molar-refractivity contribution in [2.24, 2.45) is 10.9 Å². The molecule has 0 amide bonds. The second-order valence-electron chi connectivity index (χ2n) is 5.04. The predicted molar refractivity (Wildman–Crippen MR) is 102 cm³/mol. The molecular weight excluding hydrogens is 379 g/mol. The van der Waals surface area contributed by atoms with E-state index in [1.165, 1.54) is 0 Å². The largest absolute Gasteiger partial charge is 0.495 e. The maximum absolute atomic E-state index is 9.91. The number of ether oxygens (including phenoxy) is 1. The van der Waals surface area contributed by atoms with E-state index in [4.69, 9.17) is 38.1 Å². The number of benzene rings is 2. The van der Waals surface area contributed by atoms with Gasteiger partial charge in [-0.3, -0.25) is 4.79 Å². The van der Waals surface area contributed by atoms with E-state index in [-0.39, 0.29) is 12.3 Å². The molecule has 2 aromatic carbocycles. The minimum absolute atomic E-state index is 0.125. The Kier molecular flexibility index (Phi) is 6.89. The zero-order valence-corrected chi connectivity index (χ0v) is 15.5. The summed E-state index contributed by atoms with van der Waals surface area (Å²) in [5, 5.41) is 5.63. The molecular formula is C18H16Cl2N2O4. The zero-order valence-electron chi connectivity index (χ0n) is 14.0. The molecule has 1 aromatic heterocycles. The molecule has 0 radical (unpaired) electrons. The van der Waals surface area contributed by atoms with Crippen molar-refractivity contribution in [2.75, 3.05) is 7.11 Å². The van der Waals surface area contributed by atoms with Crippen LogP contribution in [0.5, 0.6) is 5.75 Å². The Hall–Kier alpha value is -2.70. The third-order valence-electron chi connectivity index (χ3n) is 3.44. The maximum atomic E-state index is 9.91. The Morgan fingerprint density at radius 2 is 1.92 bits per heavy atom. The van der Waals surface area contributed by atoms with E-state index in [0.29, 0.717) is 26.9 Å². The molecule has 0 saturated carbocycles. The van der Waals surface area contributed by atoms with Crippen LogP contribution in [0.3, 0.4) is 0 Å². The smallest absolute Gasteiger partial charge is 0.323 e. The summed E-state index contributed by atoms with van der Waals surface area (Å²) in [6, 6.07) is 10.6. The highest BCUT2D eigenvalue weighted by molar-refractivity contribution is 6.34. The monoisotopic (exact) mass is 394 g/mol. The number of amidine groups is 1. The first-order valence-electron chi connectivity index (χ1n) is 7.37. The summed E-state index contributed by atoms with van der Waals surface area (Å²) in [4.78, 5) is 14.1. The van der Waals surface area contributed by atoms with Crippen LogP contribution in [0.2, 0.25) is 10.0 Å². The molecule has 2 N–H and O–H groups in total. The normalized spacial score (nSPS) is 10.8. The van der Waals surface area contributed by atoms with Crippen LogP contribution in [0, 0.1) is 6.92 Å². The van der Waals surface area contributed by atoms with Crippen LogP contribution in [-0.2, 0) is 9.63 Å². The highest BCUT2D eigenvalue weighted by Gasteiger charge is 2.06. The number of fused-ring (bicyclic) bond motifs is 1. The number of carbonyl (C=O) groups is 1. The second-order valence-corrected chi connectivity index (χ2v) is 5.85. The fraction of sp³-hybridized carbons (Fsp3) is 0.111. The van der Waals surface area contributed by atoms with E-state index >= 15 is 0 Å². The Labute approximate surface area is 160 Å². The molecule has 1 heterocycles. The van der Waals surface area contributed by atoms with Gasteiger partial charge in [0.05, 0.1) is 18.4 Å². The first kappa shape index (κ1) is 19.6. The number of rotatable bonds is 4. The molecule has 0 unspecified atom stereocenters. The van der Waals surface area contributed by atoms with E-state index in [1.54, 1.807) is 37.6 Å². The van der Waals surface area contributed by atoms with Gasteiger partial charge in [-0.15, -0.1) is 0 Å². The summed E-state index contributed by atoms with van der Waals surface area (Å²) >= 11 is 11.6. The summed E-state index contributed by atoms with van der Waals surface area (Å²) in [7, 11) is 1.57. The standard InChI is InChI=1S/C10H8N2O3.C8H8Cl2O/c11-10(12-15-6-13)8-2-1-7-3-4-14-9(7)5-8;1-5-6(9)3-4-7(10)8(5)11-2/h1-6H,(H2,11,12);3-4H,1-2H3. The number of methoxy groups -OCH3 is 1. The Bertz CT molecular complexity index is 938. The Balaban J connectivity index is 0.000000197. The number of furan rings is 1. The number of nitrogens with two attached hydrogens (primary N) is 1. The lowest BCUT2D eigenvalue weighted by atomic mass is 10.1. The molecule has 0 atom stereocenters. The number of oxime groups is 1. The quantitative estimate of drug-likeness (QED) is 0.231. The van der Waals surface area contributed by atoms with Gasteiger partial charge in [0, 0.05) is 21.5 Å². The molecule has 0 bridgehead atoms. The van der Waals surface area contributed by atoms with Crippen molar-refractivity contribution >= 4 is 46.5 Å². The molecule has 8 heteroatoms. The first-order chi connectivity index (χ1) is 12.5. The molecule has 3 aromatic rings. The van der Waals surface area contributed by atoms with Gasteiger partial charge in [0.1, 0.15) is 11.3 Å². The average molecular weight is 395 g/mol. The molecule has 0 spiro atoms. The van der Waals surface area contributed by atoms with Crippen LogP contribution in [0.1, 0.15) is 11.1 Å². The SMILES string of the molecule is COc1c(Cl)ccc(Cl)c1C.N/C(=N\OC=O)c1ccc2ccoc2c1. The molecule has 0 fully saturated rings. The van der Waals surface area contributed by atoms with Gasteiger partial charge < -0.3 is 19.7 Å². The summed E-state index contributed by atoms with van der Waals surface area (Å²) in [6.07, 6.45) is 1.59. The summed E-state index contributed by atoms with van der Waals surface area (Å²) in [5.41, 5.74) is 7.79. The van der Waals surface area contributed by atoms with Crippen LogP contribution >= 0.6 is 23.2 Å². The van der Waals surface area contributed by atoms with Crippen molar-refractivity contribution in [3.05, 3.63) is 63.8 Å². The Morgan fingerprint density at radius 3 is 2.58 bits per heavy atom. The van der Waals surface area contributed by atoms with Crippen molar-refractivity contribution in [2.45, 2.75) is 6.92 Å². The van der Waals surface area contributed by atoms with Crippen molar-refractivity contribution in [1.82, 2.24) is 0 Å². The first-order valence-corrected chi connectivity index (χ1v) is 8.12. The lowest BCUT2D eigenvalue weighted by molar-refractivity contribution is -0.128. The molecule has 3 rings (SSSR count). The summed E-state index contributed by atoms with van der Waals surface area (Å²) in [5.74, 6) is 0.777. The van der Waals surface area contributed by atoms with Gasteiger partial charge in [-0.1, -0.05) is 40.5 Å². The minimum Gasteiger partial charge on any atom is -0.495 e. The molecule has 0 aliphatic rings. The molecule has 6 nitrogen and oxygen atoms in total. The number of halogens is 2. The summed E-state index contributed by atoms with van der Waals surface area (Å²) in [6.45, 7) is 2.07.